The average Bonchev–Trinajstić information content (AvgIpc) is 1.72. The summed E-state index contributed by atoms with van der Waals surface area (Å²) in [5, 5.41) is 0. The van der Waals surface area contributed by atoms with E-state index in [-0.39, 0.29) is 12.4 Å². The summed E-state index contributed by atoms with van der Waals surface area (Å²) in [7, 11) is 0. The van der Waals surface area contributed by atoms with E-state index in [1.807, 2.05) is 18.2 Å². The highest BCUT2D eigenvalue weighted by Crippen LogP contribution is 1.73. The van der Waals surface area contributed by atoms with Gasteiger partial charge in [-0.2, -0.15) is 0 Å². The van der Waals surface area contributed by atoms with Crippen molar-refractivity contribution in [2.24, 2.45) is 0 Å². The van der Waals surface area contributed by atoms with E-state index in [9.17, 15) is 0 Å². The molecule has 1 aromatic heterocycles. The van der Waals surface area contributed by atoms with Crippen molar-refractivity contribution in [2.75, 3.05) is 0 Å². The van der Waals surface area contributed by atoms with E-state index in [1.165, 1.54) is 0 Å². The second-order valence-corrected chi connectivity index (χ2v) is 1.02. The van der Waals surface area contributed by atoms with Crippen molar-refractivity contribution in [1.29, 1.82) is 0 Å². The van der Waals surface area contributed by atoms with Gasteiger partial charge in [0, 0.05) is 12.4 Å². The first-order valence-electron chi connectivity index (χ1n) is 1.85. The highest BCUT2D eigenvalue weighted by atomic mass is 35.5. The zero-order valence-electron chi connectivity index (χ0n) is 3.74. The molecule has 0 N–H and O–H groups in total. The quantitative estimate of drug-likeness (QED) is 0.506. The fourth-order valence-corrected chi connectivity index (χ4v) is 0.313. The van der Waals surface area contributed by atoms with E-state index < -0.39 is 0 Å². The Morgan fingerprint density at radius 3 is 1.57 bits per heavy atom. The molecule has 1 rings (SSSR count). The number of rotatable bonds is 0. The summed E-state index contributed by atoms with van der Waals surface area (Å²) in [6.45, 7) is 0. The first kappa shape index (κ1) is 6.44. The minimum absolute atomic E-state index is 0. The van der Waals surface area contributed by atoms with Crippen LogP contribution in [-0.4, -0.2) is 4.98 Å². The standard InChI is InChI=1S/C5H5N.ClH/c1-2-4-6-5-3-1;/h1-5H;1H/i1+1,2+1,3+1,4+1,5+1;. The maximum absolute atomic E-state index is 3.78. The molecule has 0 unspecified atom stereocenters. The van der Waals surface area contributed by atoms with Gasteiger partial charge in [0.05, 0.1) is 0 Å². The molecular formula is C5H6ClN. The zero-order valence-corrected chi connectivity index (χ0v) is 4.56. The van der Waals surface area contributed by atoms with Gasteiger partial charge < -0.3 is 0 Å². The third kappa shape index (κ3) is 2.18. The van der Waals surface area contributed by atoms with Crippen LogP contribution < -0.4 is 0 Å². The molecule has 0 aliphatic rings. The molecule has 0 aliphatic heterocycles. The van der Waals surface area contributed by atoms with Crippen LogP contribution in [0.25, 0.3) is 0 Å². The third-order valence-corrected chi connectivity index (χ3v) is 0.566. The third-order valence-electron chi connectivity index (χ3n) is 0.566. The molecule has 0 saturated carbocycles. The number of nitrogens with zero attached hydrogens (tertiary/aromatic N) is 1. The number of hydrogen-bond donors (Lipinski definition) is 0. The molecule has 0 aromatic carbocycles. The summed E-state index contributed by atoms with van der Waals surface area (Å²) in [6, 6.07) is 5.72. The molecule has 1 heterocycles. The Hall–Kier alpha value is -0.560. The monoisotopic (exact) mass is 120 g/mol. The Kier molecular flexibility index (Phi) is 3.33. The van der Waals surface area contributed by atoms with E-state index >= 15 is 0 Å². The summed E-state index contributed by atoms with van der Waals surface area (Å²) >= 11 is 0. The van der Waals surface area contributed by atoms with Gasteiger partial charge in [0.25, 0.3) is 0 Å². The number of hydrogen-bond acceptors (Lipinski definition) is 1. The first-order valence-corrected chi connectivity index (χ1v) is 1.85. The summed E-state index contributed by atoms with van der Waals surface area (Å²) in [6.07, 6.45) is 3.50. The molecule has 0 spiro atoms. The number of halogens is 1. The van der Waals surface area contributed by atoms with Crippen molar-refractivity contribution < 1.29 is 0 Å². The lowest BCUT2D eigenvalue weighted by Gasteiger charge is -1.70. The Morgan fingerprint density at radius 2 is 1.43 bits per heavy atom. The molecule has 7 heavy (non-hydrogen) atoms. The van der Waals surface area contributed by atoms with Crippen molar-refractivity contribution >= 4 is 12.4 Å². The molecular weight excluding hydrogens is 114 g/mol. The summed E-state index contributed by atoms with van der Waals surface area (Å²) in [5.41, 5.74) is 0. The van der Waals surface area contributed by atoms with Crippen LogP contribution in [0.3, 0.4) is 0 Å². The van der Waals surface area contributed by atoms with Crippen LogP contribution in [-0.2, 0) is 0 Å². The first-order chi connectivity index (χ1) is 3.00. The normalized spacial score (nSPS) is 6.86. The van der Waals surface area contributed by atoms with Crippen LogP contribution in [0.2, 0.25) is 0 Å². The predicted octanol–water partition coefficient (Wildman–Crippen LogP) is 1.50. The average molecular weight is 121 g/mol. The van der Waals surface area contributed by atoms with Crippen LogP contribution in [0.4, 0.5) is 0 Å². The fraction of sp³-hybridized carbons (Fsp3) is 0. The molecule has 2 heteroatoms. The van der Waals surface area contributed by atoms with Gasteiger partial charge in [-0.1, -0.05) is 6.07 Å². The van der Waals surface area contributed by atoms with E-state index in [4.69, 9.17) is 0 Å². The van der Waals surface area contributed by atoms with Gasteiger partial charge in [0.2, 0.25) is 0 Å². The molecule has 0 radical (unpaired) electrons. The summed E-state index contributed by atoms with van der Waals surface area (Å²) < 4.78 is 0. The van der Waals surface area contributed by atoms with E-state index in [2.05, 4.69) is 4.98 Å². The van der Waals surface area contributed by atoms with Crippen LogP contribution in [0.1, 0.15) is 0 Å². The number of aromatic nitrogens is 1. The van der Waals surface area contributed by atoms with Crippen LogP contribution in [0, 0.1) is 0 Å². The summed E-state index contributed by atoms with van der Waals surface area (Å²) in [5.74, 6) is 0. The molecule has 0 aliphatic carbocycles. The molecule has 0 atom stereocenters. The highest BCUT2D eigenvalue weighted by Gasteiger charge is 1.58. The Morgan fingerprint density at radius 1 is 0.857 bits per heavy atom. The lowest BCUT2D eigenvalue weighted by Crippen LogP contribution is -1.58. The van der Waals surface area contributed by atoms with E-state index in [0.29, 0.717) is 0 Å². The van der Waals surface area contributed by atoms with Crippen molar-refractivity contribution in [3.63, 3.8) is 0 Å². The maximum atomic E-state index is 3.78. The maximum Gasteiger partial charge on any atom is 0.0267 e. The lowest BCUT2D eigenvalue weighted by atomic mass is 11.5. The molecule has 0 amide bonds. The van der Waals surface area contributed by atoms with Gasteiger partial charge in [-0.3, -0.25) is 4.98 Å². The topological polar surface area (TPSA) is 12.9 Å². The van der Waals surface area contributed by atoms with Crippen molar-refractivity contribution in [3.05, 3.63) is 30.6 Å². The minimum atomic E-state index is 0. The molecule has 1 aromatic rings. The lowest BCUT2D eigenvalue weighted by molar-refractivity contribution is 1.33. The van der Waals surface area contributed by atoms with Gasteiger partial charge >= 0.3 is 0 Å². The number of pyridine rings is 1. The smallest absolute Gasteiger partial charge is 0.0267 e. The van der Waals surface area contributed by atoms with Crippen molar-refractivity contribution in [3.8, 4) is 0 Å². The predicted molar refractivity (Wildman–Crippen MR) is 31.5 cm³/mol. The second-order valence-electron chi connectivity index (χ2n) is 1.02. The second kappa shape index (κ2) is 3.62. The van der Waals surface area contributed by atoms with Gasteiger partial charge in [-0.15, -0.1) is 12.4 Å². The van der Waals surface area contributed by atoms with Gasteiger partial charge in [-0.05, 0) is 12.1 Å². The van der Waals surface area contributed by atoms with Gasteiger partial charge in [0.1, 0.15) is 0 Å². The Bertz CT molecular complexity index is 80.0. The van der Waals surface area contributed by atoms with Crippen LogP contribution in [0.5, 0.6) is 0 Å². The zero-order chi connectivity index (χ0) is 4.24. The van der Waals surface area contributed by atoms with E-state index in [0.717, 1.165) is 0 Å². The Labute approximate surface area is 48.8 Å². The van der Waals surface area contributed by atoms with Crippen LogP contribution >= 0.6 is 12.4 Å². The molecule has 38 valence electrons. The van der Waals surface area contributed by atoms with E-state index in [1.54, 1.807) is 12.4 Å². The molecule has 1 nitrogen and oxygen atoms in total. The Balaban J connectivity index is 0.000000360. The van der Waals surface area contributed by atoms with Gasteiger partial charge in [0.15, 0.2) is 0 Å². The molecule has 0 saturated heterocycles. The summed E-state index contributed by atoms with van der Waals surface area (Å²) in [4.78, 5) is 3.78. The highest BCUT2D eigenvalue weighted by molar-refractivity contribution is 5.85. The fourth-order valence-electron chi connectivity index (χ4n) is 0.313. The minimum Gasteiger partial charge on any atom is -0.265 e. The van der Waals surface area contributed by atoms with Crippen LogP contribution in [0.15, 0.2) is 30.6 Å². The van der Waals surface area contributed by atoms with Gasteiger partial charge in [-0.25, -0.2) is 0 Å². The molecule has 0 fully saturated rings. The largest absolute Gasteiger partial charge is 0.265 e. The molecule has 0 bridgehead atoms. The SMILES string of the molecule is Cl.[13cH]1[13cH][13cH]n[13cH][13cH]1. The van der Waals surface area contributed by atoms with Crippen molar-refractivity contribution in [2.45, 2.75) is 0 Å². The van der Waals surface area contributed by atoms with Crippen molar-refractivity contribution in [1.82, 2.24) is 4.98 Å².